The Bertz CT molecular complexity index is 1500. The molecule has 7 nitrogen and oxygen atoms in total. The lowest BCUT2D eigenvalue weighted by molar-refractivity contribution is -0.0178. The zero-order chi connectivity index (χ0) is 24.9. The number of ether oxygens (including phenoxy) is 1. The van der Waals surface area contributed by atoms with Crippen molar-refractivity contribution in [3.8, 4) is 11.3 Å². The van der Waals surface area contributed by atoms with Gasteiger partial charge in [-0.25, -0.2) is 18.4 Å². The van der Waals surface area contributed by atoms with Crippen molar-refractivity contribution in [3.05, 3.63) is 87.5 Å². The minimum atomic E-state index is -0.687. The lowest BCUT2D eigenvalue weighted by atomic mass is 10.0. The summed E-state index contributed by atoms with van der Waals surface area (Å²) >= 11 is 0. The van der Waals surface area contributed by atoms with E-state index in [0.29, 0.717) is 35.5 Å². The van der Waals surface area contributed by atoms with E-state index >= 15 is 0 Å². The second kappa shape index (κ2) is 8.74. The van der Waals surface area contributed by atoms with Gasteiger partial charge in [-0.1, -0.05) is 0 Å². The van der Waals surface area contributed by atoms with Gasteiger partial charge in [0.05, 0.1) is 17.3 Å². The number of morpholine rings is 1. The van der Waals surface area contributed by atoms with Crippen LogP contribution in [0.3, 0.4) is 0 Å². The number of anilines is 1. The first-order valence-corrected chi connectivity index (χ1v) is 11.3. The van der Waals surface area contributed by atoms with E-state index in [1.807, 2.05) is 37.8 Å². The van der Waals surface area contributed by atoms with Crippen molar-refractivity contribution in [3.63, 3.8) is 0 Å². The van der Waals surface area contributed by atoms with Crippen LogP contribution in [0.15, 0.2) is 53.5 Å². The van der Waals surface area contributed by atoms with Crippen LogP contribution in [0.5, 0.6) is 0 Å². The van der Waals surface area contributed by atoms with Gasteiger partial charge in [-0.3, -0.25) is 9.78 Å². The monoisotopic (exact) mass is 477 g/mol. The summed E-state index contributed by atoms with van der Waals surface area (Å²) in [6, 6.07) is 10.4. The lowest BCUT2D eigenvalue weighted by Gasteiger charge is -2.38. The molecular weight excluding hydrogens is 452 g/mol. The van der Waals surface area contributed by atoms with Crippen molar-refractivity contribution in [1.29, 1.82) is 0 Å². The number of aryl methyl sites for hydroxylation is 2. The molecule has 0 radical (unpaired) electrons. The third kappa shape index (κ3) is 4.35. The van der Waals surface area contributed by atoms with Crippen LogP contribution in [-0.4, -0.2) is 33.8 Å². The number of halogens is 2. The zero-order valence-electron chi connectivity index (χ0n) is 19.6. The lowest BCUT2D eigenvalue weighted by Crippen LogP contribution is -2.43. The third-order valence-corrected chi connectivity index (χ3v) is 6.35. The molecule has 1 saturated heterocycles. The molecule has 0 amide bonds. The maximum absolute atomic E-state index is 14.9. The fraction of sp³-hybridized carbons (Fsp3) is 0.269. The molecule has 0 saturated carbocycles. The van der Waals surface area contributed by atoms with E-state index in [1.54, 1.807) is 12.3 Å². The zero-order valence-corrected chi connectivity index (χ0v) is 19.6. The molecule has 0 bridgehead atoms. The van der Waals surface area contributed by atoms with Crippen LogP contribution in [0.1, 0.15) is 29.8 Å². The van der Waals surface area contributed by atoms with Crippen molar-refractivity contribution in [2.75, 3.05) is 23.8 Å². The van der Waals surface area contributed by atoms with Gasteiger partial charge in [0.25, 0.3) is 5.56 Å². The average Bonchev–Trinajstić information content (AvgIpc) is 2.81. The summed E-state index contributed by atoms with van der Waals surface area (Å²) in [7, 11) is 0. The van der Waals surface area contributed by atoms with E-state index < -0.39 is 11.6 Å². The number of benzene rings is 1. The Morgan fingerprint density at radius 2 is 1.86 bits per heavy atom. The van der Waals surface area contributed by atoms with Gasteiger partial charge >= 0.3 is 0 Å². The Kier molecular flexibility index (Phi) is 5.72. The number of hydrogen-bond acceptors (Lipinski definition) is 6. The second-order valence-corrected chi connectivity index (χ2v) is 8.96. The van der Waals surface area contributed by atoms with Crippen LogP contribution in [0.2, 0.25) is 0 Å². The fourth-order valence-corrected chi connectivity index (χ4v) is 4.44. The predicted octanol–water partition coefficient (Wildman–Crippen LogP) is 4.03. The molecule has 1 aliphatic rings. The van der Waals surface area contributed by atoms with E-state index in [0.717, 1.165) is 27.6 Å². The maximum Gasteiger partial charge on any atom is 0.268 e. The normalized spacial score (nSPS) is 18.3. The number of nitrogens with two attached hydrogens (primary N) is 1. The summed E-state index contributed by atoms with van der Waals surface area (Å²) in [6.45, 7) is 6.79. The highest BCUT2D eigenvalue weighted by Crippen LogP contribution is 2.34. The van der Waals surface area contributed by atoms with Gasteiger partial charge in [-0.05, 0) is 50.6 Å². The molecule has 3 aromatic heterocycles. The molecule has 0 aliphatic carbocycles. The second-order valence-electron chi connectivity index (χ2n) is 8.96. The van der Waals surface area contributed by atoms with Crippen LogP contribution in [0.4, 0.5) is 14.6 Å². The minimum Gasteiger partial charge on any atom is -0.367 e. The number of nitrogens with zero attached hydrogens (tertiary/aromatic N) is 4. The first-order valence-electron chi connectivity index (χ1n) is 11.3. The van der Waals surface area contributed by atoms with Crippen LogP contribution >= 0.6 is 0 Å². The molecule has 1 aliphatic heterocycles. The summed E-state index contributed by atoms with van der Waals surface area (Å²) in [6.07, 6.45) is 1.05. The molecule has 1 aromatic carbocycles. The smallest absolute Gasteiger partial charge is 0.268 e. The maximum atomic E-state index is 14.9. The van der Waals surface area contributed by atoms with Crippen molar-refractivity contribution in [1.82, 2.24) is 14.6 Å². The Balaban J connectivity index is 1.63. The first kappa shape index (κ1) is 22.9. The molecule has 2 atom stereocenters. The van der Waals surface area contributed by atoms with Gasteiger partial charge in [-0.15, -0.1) is 0 Å². The molecule has 1 fully saturated rings. The van der Waals surface area contributed by atoms with E-state index in [-0.39, 0.29) is 23.3 Å². The van der Waals surface area contributed by atoms with Crippen LogP contribution in [-0.2, 0) is 4.74 Å². The van der Waals surface area contributed by atoms with Gasteiger partial charge in [0.2, 0.25) is 0 Å². The Labute approximate surface area is 200 Å². The quantitative estimate of drug-likeness (QED) is 0.449. The highest BCUT2D eigenvalue weighted by Gasteiger charge is 2.29. The minimum absolute atomic E-state index is 0.150. The largest absolute Gasteiger partial charge is 0.367 e. The van der Waals surface area contributed by atoms with Crippen LogP contribution in [0, 0.1) is 25.5 Å². The summed E-state index contributed by atoms with van der Waals surface area (Å²) < 4.78 is 35.7. The topological polar surface area (TPSA) is 86.3 Å². The molecule has 0 spiro atoms. The number of pyridine rings is 3. The van der Waals surface area contributed by atoms with E-state index in [2.05, 4.69) is 0 Å². The average molecular weight is 478 g/mol. The van der Waals surface area contributed by atoms with Gasteiger partial charge in [-0.2, -0.15) is 0 Å². The van der Waals surface area contributed by atoms with Gasteiger partial charge in [0.15, 0.2) is 0 Å². The standard InChI is InChI=1S/C26H25F2N5O2/c1-14-8-20-22(30-16(14)3)10-24(31-26(20)19-6-5-18(27)9-21(19)28)32-11-15(2)35-23(13-32)17-4-7-25(34)33(29)12-17/h4-10,12,15,23H,11,13,29H2,1-3H3/t15-,23-/m1/s1. The highest BCUT2D eigenvalue weighted by atomic mass is 19.1. The molecule has 5 rings (SSSR count). The molecule has 35 heavy (non-hydrogen) atoms. The van der Waals surface area contributed by atoms with E-state index in [4.69, 9.17) is 20.5 Å². The Hall–Kier alpha value is -3.85. The van der Waals surface area contributed by atoms with Crippen molar-refractivity contribution in [2.24, 2.45) is 0 Å². The molecular formula is C26H25F2N5O2. The first-order chi connectivity index (χ1) is 16.7. The number of hydrogen-bond donors (Lipinski definition) is 1. The van der Waals surface area contributed by atoms with Crippen molar-refractivity contribution >= 4 is 16.7 Å². The summed E-state index contributed by atoms with van der Waals surface area (Å²) in [4.78, 5) is 23.3. The number of aromatic nitrogens is 3. The fourth-order valence-electron chi connectivity index (χ4n) is 4.44. The van der Waals surface area contributed by atoms with Crippen LogP contribution in [0.25, 0.3) is 22.2 Å². The molecule has 4 heterocycles. The van der Waals surface area contributed by atoms with Gasteiger partial charge < -0.3 is 15.5 Å². The number of rotatable bonds is 3. The summed E-state index contributed by atoms with van der Waals surface area (Å²) in [5.41, 5.74) is 3.54. The Morgan fingerprint density at radius 1 is 1.06 bits per heavy atom. The summed E-state index contributed by atoms with van der Waals surface area (Å²) in [5.74, 6) is 5.02. The SMILES string of the molecule is Cc1cc2c(-c3ccc(F)cc3F)nc(N3C[C@@H](C)O[C@@H](c4ccc(=O)n(N)c4)C3)cc2nc1C. The summed E-state index contributed by atoms with van der Waals surface area (Å²) in [5, 5.41) is 0.690. The predicted molar refractivity (Wildman–Crippen MR) is 131 cm³/mol. The van der Waals surface area contributed by atoms with E-state index in [9.17, 15) is 13.6 Å². The Morgan fingerprint density at radius 3 is 2.60 bits per heavy atom. The number of nitrogen functional groups attached to an aromatic ring is 1. The number of fused-ring (bicyclic) bond motifs is 1. The molecule has 0 unspecified atom stereocenters. The van der Waals surface area contributed by atoms with Crippen LogP contribution < -0.4 is 16.3 Å². The highest BCUT2D eigenvalue weighted by molar-refractivity contribution is 5.95. The molecule has 4 aromatic rings. The van der Waals surface area contributed by atoms with Gasteiger partial charge in [0, 0.05) is 59.7 Å². The van der Waals surface area contributed by atoms with Gasteiger partial charge in [0.1, 0.15) is 23.6 Å². The molecule has 2 N–H and O–H groups in total. The third-order valence-electron chi connectivity index (χ3n) is 6.35. The molecule has 180 valence electrons. The van der Waals surface area contributed by atoms with Crippen molar-refractivity contribution in [2.45, 2.75) is 33.0 Å². The molecule has 9 heteroatoms. The van der Waals surface area contributed by atoms with Crippen molar-refractivity contribution < 1.29 is 13.5 Å². The van der Waals surface area contributed by atoms with E-state index in [1.165, 1.54) is 18.2 Å².